The van der Waals surface area contributed by atoms with E-state index in [0.29, 0.717) is 0 Å². The van der Waals surface area contributed by atoms with Crippen LogP contribution in [0.1, 0.15) is 31.4 Å². The Labute approximate surface area is 120 Å². The Hall–Kier alpha value is -1.26. The van der Waals surface area contributed by atoms with Gasteiger partial charge in [0.15, 0.2) is 0 Å². The molecule has 1 heterocycles. The lowest BCUT2D eigenvalue weighted by molar-refractivity contribution is -0.123. The zero-order valence-corrected chi connectivity index (χ0v) is 12.1. The van der Waals surface area contributed by atoms with Gasteiger partial charge < -0.3 is 15.4 Å². The molecular weight excluding hydrogens is 264 g/mol. The van der Waals surface area contributed by atoms with E-state index in [1.807, 2.05) is 31.2 Å². The van der Waals surface area contributed by atoms with Gasteiger partial charge in [0.25, 0.3) is 0 Å². The van der Waals surface area contributed by atoms with Gasteiger partial charge in [0.2, 0.25) is 5.91 Å². The van der Waals surface area contributed by atoms with Crippen LogP contribution in [0.25, 0.3) is 0 Å². The first-order valence-corrected chi connectivity index (χ1v) is 6.38. The first-order chi connectivity index (χ1) is 8.70. The number of carbonyl (C=O) groups excluding carboxylic acids is 1. The zero-order valence-electron chi connectivity index (χ0n) is 11.3. The highest BCUT2D eigenvalue weighted by molar-refractivity contribution is 5.85. The van der Waals surface area contributed by atoms with Crippen molar-refractivity contribution in [3.63, 3.8) is 0 Å². The zero-order chi connectivity index (χ0) is 13.0. The molecule has 4 nitrogen and oxygen atoms in total. The molecule has 0 saturated carbocycles. The van der Waals surface area contributed by atoms with Crippen LogP contribution in [-0.2, 0) is 4.79 Å². The maximum Gasteiger partial charge on any atom is 0.237 e. The van der Waals surface area contributed by atoms with Gasteiger partial charge in [-0.25, -0.2) is 0 Å². The molecule has 0 bridgehead atoms. The van der Waals surface area contributed by atoms with Crippen LogP contribution < -0.4 is 15.4 Å². The Morgan fingerprint density at radius 1 is 1.53 bits per heavy atom. The van der Waals surface area contributed by atoms with Crippen molar-refractivity contribution < 1.29 is 9.53 Å². The Morgan fingerprint density at radius 3 is 2.95 bits per heavy atom. The predicted octanol–water partition coefficient (Wildman–Crippen LogP) is 2.05. The number of amides is 1. The maximum atomic E-state index is 12.0. The number of benzene rings is 1. The molecule has 1 aliphatic rings. The summed E-state index contributed by atoms with van der Waals surface area (Å²) in [5.74, 6) is 0.899. The maximum absolute atomic E-state index is 12.0. The van der Waals surface area contributed by atoms with Crippen LogP contribution in [0.2, 0.25) is 0 Å². The predicted molar refractivity (Wildman–Crippen MR) is 77.8 cm³/mol. The summed E-state index contributed by atoms with van der Waals surface area (Å²) < 4.78 is 5.18. The van der Waals surface area contributed by atoms with E-state index in [1.165, 1.54) is 0 Å². The van der Waals surface area contributed by atoms with E-state index in [4.69, 9.17) is 4.74 Å². The van der Waals surface area contributed by atoms with Gasteiger partial charge in [-0.15, -0.1) is 12.4 Å². The summed E-state index contributed by atoms with van der Waals surface area (Å²) in [4.78, 5) is 12.0. The minimum Gasteiger partial charge on any atom is -0.497 e. The van der Waals surface area contributed by atoms with E-state index in [-0.39, 0.29) is 30.4 Å². The summed E-state index contributed by atoms with van der Waals surface area (Å²) in [7, 11) is 1.64. The fourth-order valence-electron chi connectivity index (χ4n) is 2.22. The normalized spacial score (nSPS) is 19.4. The molecule has 2 atom stereocenters. The third kappa shape index (κ3) is 4.11. The van der Waals surface area contributed by atoms with Gasteiger partial charge in [0.1, 0.15) is 5.75 Å². The molecule has 0 aliphatic carbocycles. The Kier molecular flexibility index (Phi) is 6.12. The topological polar surface area (TPSA) is 50.4 Å². The van der Waals surface area contributed by atoms with Gasteiger partial charge in [-0.05, 0) is 44.0 Å². The largest absolute Gasteiger partial charge is 0.497 e. The molecule has 106 valence electrons. The highest BCUT2D eigenvalue weighted by atomic mass is 35.5. The number of rotatable bonds is 4. The van der Waals surface area contributed by atoms with Crippen molar-refractivity contribution in [1.82, 2.24) is 10.6 Å². The van der Waals surface area contributed by atoms with Crippen molar-refractivity contribution in [2.24, 2.45) is 0 Å². The number of methoxy groups -OCH3 is 1. The summed E-state index contributed by atoms with van der Waals surface area (Å²) in [6.07, 6.45) is 2.00. The second kappa shape index (κ2) is 7.36. The second-order valence-corrected chi connectivity index (χ2v) is 4.66. The molecule has 0 aromatic heterocycles. The minimum absolute atomic E-state index is 0. The van der Waals surface area contributed by atoms with Crippen LogP contribution in [-0.4, -0.2) is 25.6 Å². The quantitative estimate of drug-likeness (QED) is 0.890. The van der Waals surface area contributed by atoms with E-state index >= 15 is 0 Å². The molecule has 2 N–H and O–H groups in total. The summed E-state index contributed by atoms with van der Waals surface area (Å²) in [6.45, 7) is 2.92. The average molecular weight is 285 g/mol. The molecule has 1 aliphatic heterocycles. The van der Waals surface area contributed by atoms with Crippen LogP contribution in [0, 0.1) is 0 Å². The van der Waals surface area contributed by atoms with E-state index < -0.39 is 0 Å². The van der Waals surface area contributed by atoms with E-state index in [2.05, 4.69) is 10.6 Å². The van der Waals surface area contributed by atoms with Gasteiger partial charge in [-0.2, -0.15) is 0 Å². The van der Waals surface area contributed by atoms with Crippen molar-refractivity contribution in [3.8, 4) is 5.75 Å². The average Bonchev–Trinajstić information content (AvgIpc) is 2.92. The number of hydrogen-bond acceptors (Lipinski definition) is 3. The molecule has 1 aromatic rings. The fourth-order valence-corrected chi connectivity index (χ4v) is 2.22. The monoisotopic (exact) mass is 284 g/mol. The van der Waals surface area contributed by atoms with Crippen molar-refractivity contribution in [2.45, 2.75) is 31.8 Å². The lowest BCUT2D eigenvalue weighted by atomic mass is 10.1. The molecule has 5 heteroatoms. The summed E-state index contributed by atoms with van der Waals surface area (Å²) in [5.41, 5.74) is 1.06. The van der Waals surface area contributed by atoms with Crippen molar-refractivity contribution in [3.05, 3.63) is 29.8 Å². The van der Waals surface area contributed by atoms with Gasteiger partial charge in [-0.1, -0.05) is 12.1 Å². The van der Waals surface area contributed by atoms with Crippen LogP contribution in [0.4, 0.5) is 0 Å². The lowest BCUT2D eigenvalue weighted by Crippen LogP contribution is -2.41. The molecular formula is C14H21ClN2O2. The van der Waals surface area contributed by atoms with Gasteiger partial charge >= 0.3 is 0 Å². The van der Waals surface area contributed by atoms with Gasteiger partial charge in [0.05, 0.1) is 19.2 Å². The molecule has 1 aromatic carbocycles. The minimum atomic E-state index is -0.0296. The number of hydrogen-bond donors (Lipinski definition) is 2. The molecule has 19 heavy (non-hydrogen) atoms. The fraction of sp³-hybridized carbons (Fsp3) is 0.500. The second-order valence-electron chi connectivity index (χ2n) is 4.66. The molecule has 1 unspecified atom stereocenters. The number of carbonyl (C=O) groups is 1. The third-order valence-electron chi connectivity index (χ3n) is 3.33. The molecule has 0 spiro atoms. The highest BCUT2D eigenvalue weighted by Gasteiger charge is 2.23. The summed E-state index contributed by atoms with van der Waals surface area (Å²) >= 11 is 0. The lowest BCUT2D eigenvalue weighted by Gasteiger charge is -2.18. The van der Waals surface area contributed by atoms with Crippen LogP contribution in [0.15, 0.2) is 24.3 Å². The van der Waals surface area contributed by atoms with Crippen molar-refractivity contribution in [1.29, 1.82) is 0 Å². The van der Waals surface area contributed by atoms with Crippen LogP contribution >= 0.6 is 12.4 Å². The Bertz CT molecular complexity index is 420. The van der Waals surface area contributed by atoms with Crippen LogP contribution in [0.3, 0.4) is 0 Å². The first-order valence-electron chi connectivity index (χ1n) is 6.38. The SMILES string of the molecule is COc1cccc(C(C)NC(=O)[C@@H]2CCCN2)c1.Cl. The number of halogens is 1. The summed E-state index contributed by atoms with van der Waals surface area (Å²) in [5, 5.41) is 6.23. The summed E-state index contributed by atoms with van der Waals surface area (Å²) in [6, 6.07) is 7.75. The molecule has 1 amide bonds. The Morgan fingerprint density at radius 2 is 2.32 bits per heavy atom. The van der Waals surface area contributed by atoms with Gasteiger partial charge in [-0.3, -0.25) is 4.79 Å². The van der Waals surface area contributed by atoms with Crippen LogP contribution in [0.5, 0.6) is 5.75 Å². The van der Waals surface area contributed by atoms with E-state index in [1.54, 1.807) is 7.11 Å². The molecule has 0 radical (unpaired) electrons. The Balaban J connectivity index is 0.00000180. The molecule has 1 fully saturated rings. The van der Waals surface area contributed by atoms with Crippen molar-refractivity contribution in [2.75, 3.05) is 13.7 Å². The molecule has 2 rings (SSSR count). The smallest absolute Gasteiger partial charge is 0.237 e. The third-order valence-corrected chi connectivity index (χ3v) is 3.33. The number of ether oxygens (including phenoxy) is 1. The van der Waals surface area contributed by atoms with Gasteiger partial charge in [0, 0.05) is 0 Å². The van der Waals surface area contributed by atoms with E-state index in [0.717, 1.165) is 30.7 Å². The number of nitrogens with one attached hydrogen (secondary N) is 2. The first kappa shape index (κ1) is 15.8. The molecule has 1 saturated heterocycles. The highest BCUT2D eigenvalue weighted by Crippen LogP contribution is 2.19. The van der Waals surface area contributed by atoms with Crippen molar-refractivity contribution >= 4 is 18.3 Å². The standard InChI is InChI=1S/C14H20N2O2.ClH/c1-10(11-5-3-6-12(9-11)18-2)16-14(17)13-7-4-8-15-13;/h3,5-6,9-10,13,15H,4,7-8H2,1-2H3,(H,16,17);1H/t10?,13-;/m0./s1. The van der Waals surface area contributed by atoms with E-state index in [9.17, 15) is 4.79 Å².